The Morgan fingerprint density at radius 3 is 2.40 bits per heavy atom. The van der Waals surface area contributed by atoms with Crippen molar-refractivity contribution < 1.29 is 9.47 Å². The van der Waals surface area contributed by atoms with Crippen molar-refractivity contribution >= 4 is 15.9 Å². The number of benzene rings is 1. The minimum atomic E-state index is 0.647. The number of nitrogens with zero attached hydrogens (tertiary/aromatic N) is 1. The van der Waals surface area contributed by atoms with E-state index < -0.39 is 0 Å². The molecule has 3 nitrogen and oxygen atoms in total. The summed E-state index contributed by atoms with van der Waals surface area (Å²) >= 11 is 3.69. The molecule has 0 saturated heterocycles. The van der Waals surface area contributed by atoms with Gasteiger partial charge in [0.25, 0.3) is 0 Å². The second-order valence-electron chi connectivity index (χ2n) is 6.19. The molecule has 2 saturated carbocycles. The Balaban J connectivity index is 1.54. The fourth-order valence-corrected chi connectivity index (χ4v) is 3.31. The summed E-state index contributed by atoms with van der Waals surface area (Å²) in [5.41, 5.74) is 1.32. The lowest BCUT2D eigenvalue weighted by Crippen LogP contribution is -2.28. The number of halogens is 1. The molecule has 0 atom stereocenters. The van der Waals surface area contributed by atoms with Gasteiger partial charge in [0.05, 0.1) is 0 Å². The van der Waals surface area contributed by atoms with Crippen molar-refractivity contribution in [3.8, 4) is 11.5 Å². The quantitative estimate of drug-likeness (QED) is 0.819. The fourth-order valence-electron chi connectivity index (χ4n) is 2.86. The highest BCUT2D eigenvalue weighted by Crippen LogP contribution is 2.39. The van der Waals surface area contributed by atoms with Crippen LogP contribution in [0.15, 0.2) is 16.6 Å². The second-order valence-corrected chi connectivity index (χ2v) is 7.05. The van der Waals surface area contributed by atoms with Crippen molar-refractivity contribution in [1.82, 2.24) is 4.90 Å². The van der Waals surface area contributed by atoms with E-state index in [0.717, 1.165) is 34.5 Å². The molecule has 2 aliphatic carbocycles. The second kappa shape index (κ2) is 5.23. The number of rotatable bonds is 5. The van der Waals surface area contributed by atoms with Gasteiger partial charge in [0.15, 0.2) is 11.5 Å². The minimum Gasteiger partial charge on any atom is -0.486 e. The number of ether oxygens (including phenoxy) is 2. The first-order valence-corrected chi connectivity index (χ1v) is 8.41. The SMILES string of the molecule is Brc1cc2c(cc1CN(CC1CC1)C1CC1)OCCO2. The summed E-state index contributed by atoms with van der Waals surface area (Å²) in [6.07, 6.45) is 5.58. The third-order valence-electron chi connectivity index (χ3n) is 4.34. The summed E-state index contributed by atoms with van der Waals surface area (Å²) in [6.45, 7) is 3.60. The smallest absolute Gasteiger partial charge is 0.162 e. The zero-order valence-electron chi connectivity index (χ0n) is 11.6. The summed E-state index contributed by atoms with van der Waals surface area (Å²) in [5.74, 6) is 2.72. The van der Waals surface area contributed by atoms with E-state index in [1.165, 1.54) is 37.8 Å². The molecular weight excluding hydrogens is 318 g/mol. The van der Waals surface area contributed by atoms with Gasteiger partial charge in [-0.05, 0) is 49.3 Å². The van der Waals surface area contributed by atoms with Gasteiger partial charge in [-0.1, -0.05) is 15.9 Å². The van der Waals surface area contributed by atoms with Crippen LogP contribution in [0.25, 0.3) is 0 Å². The van der Waals surface area contributed by atoms with Crippen LogP contribution in [-0.2, 0) is 6.54 Å². The van der Waals surface area contributed by atoms with E-state index in [1.54, 1.807) is 0 Å². The van der Waals surface area contributed by atoms with Gasteiger partial charge >= 0.3 is 0 Å². The Kier molecular flexibility index (Phi) is 3.39. The van der Waals surface area contributed by atoms with Gasteiger partial charge in [0, 0.05) is 23.6 Å². The normalized spacial score (nSPS) is 21.3. The monoisotopic (exact) mass is 337 g/mol. The first-order chi connectivity index (χ1) is 9.79. The van der Waals surface area contributed by atoms with Gasteiger partial charge in [0.1, 0.15) is 13.2 Å². The molecule has 108 valence electrons. The zero-order chi connectivity index (χ0) is 13.5. The molecule has 1 aromatic carbocycles. The van der Waals surface area contributed by atoms with E-state index in [-0.39, 0.29) is 0 Å². The van der Waals surface area contributed by atoms with Crippen LogP contribution in [0.5, 0.6) is 11.5 Å². The van der Waals surface area contributed by atoms with E-state index >= 15 is 0 Å². The molecule has 0 N–H and O–H groups in total. The molecule has 0 unspecified atom stereocenters. The molecule has 1 aliphatic heterocycles. The largest absolute Gasteiger partial charge is 0.486 e. The molecule has 1 heterocycles. The molecule has 0 aromatic heterocycles. The molecule has 4 heteroatoms. The molecule has 0 amide bonds. The average molecular weight is 338 g/mol. The van der Waals surface area contributed by atoms with Gasteiger partial charge in [-0.15, -0.1) is 0 Å². The maximum absolute atomic E-state index is 5.71. The van der Waals surface area contributed by atoms with Gasteiger partial charge in [-0.25, -0.2) is 0 Å². The predicted octanol–water partition coefficient (Wildman–Crippen LogP) is 3.59. The van der Waals surface area contributed by atoms with Crippen molar-refractivity contribution in [2.75, 3.05) is 19.8 Å². The van der Waals surface area contributed by atoms with Gasteiger partial charge in [0.2, 0.25) is 0 Å². The summed E-state index contributed by atoms with van der Waals surface area (Å²) < 4.78 is 12.5. The van der Waals surface area contributed by atoms with Crippen LogP contribution in [0.1, 0.15) is 31.2 Å². The topological polar surface area (TPSA) is 21.7 Å². The molecule has 0 bridgehead atoms. The van der Waals surface area contributed by atoms with Crippen LogP contribution in [0.4, 0.5) is 0 Å². The third kappa shape index (κ3) is 2.82. The molecule has 0 radical (unpaired) electrons. The number of fused-ring (bicyclic) bond motifs is 1. The van der Waals surface area contributed by atoms with Gasteiger partial charge in [-0.3, -0.25) is 4.90 Å². The molecular formula is C16H20BrNO2. The van der Waals surface area contributed by atoms with Crippen molar-refractivity contribution in [2.45, 2.75) is 38.3 Å². The highest BCUT2D eigenvalue weighted by Gasteiger charge is 2.34. The summed E-state index contributed by atoms with van der Waals surface area (Å²) in [4.78, 5) is 2.66. The van der Waals surface area contributed by atoms with Gasteiger partial charge < -0.3 is 9.47 Å². The van der Waals surface area contributed by atoms with E-state index in [1.807, 2.05) is 0 Å². The summed E-state index contributed by atoms with van der Waals surface area (Å²) in [6, 6.07) is 5.03. The highest BCUT2D eigenvalue weighted by molar-refractivity contribution is 9.10. The van der Waals surface area contributed by atoms with Crippen molar-refractivity contribution in [2.24, 2.45) is 5.92 Å². The standard InChI is InChI=1S/C16H20BrNO2/c17-14-8-16-15(19-5-6-20-16)7-12(14)10-18(13-3-4-13)9-11-1-2-11/h7-8,11,13H,1-6,9-10H2. The average Bonchev–Trinajstić information content (AvgIpc) is 3.32. The summed E-state index contributed by atoms with van der Waals surface area (Å²) in [5, 5.41) is 0. The van der Waals surface area contributed by atoms with Crippen molar-refractivity contribution in [3.05, 3.63) is 22.2 Å². The Labute approximate surface area is 128 Å². The highest BCUT2D eigenvalue weighted by atomic mass is 79.9. The molecule has 0 spiro atoms. The van der Waals surface area contributed by atoms with Crippen molar-refractivity contribution in [3.63, 3.8) is 0 Å². The van der Waals surface area contributed by atoms with E-state index in [0.29, 0.717) is 13.2 Å². The van der Waals surface area contributed by atoms with Crippen LogP contribution in [0, 0.1) is 5.92 Å². The van der Waals surface area contributed by atoms with E-state index in [9.17, 15) is 0 Å². The molecule has 1 aromatic rings. The maximum atomic E-state index is 5.71. The Morgan fingerprint density at radius 1 is 1.05 bits per heavy atom. The van der Waals surface area contributed by atoms with Crippen LogP contribution >= 0.6 is 15.9 Å². The minimum absolute atomic E-state index is 0.647. The first kappa shape index (κ1) is 13.0. The van der Waals surface area contributed by atoms with E-state index in [2.05, 4.69) is 33.0 Å². The van der Waals surface area contributed by atoms with Crippen LogP contribution in [0.2, 0.25) is 0 Å². The number of hydrogen-bond donors (Lipinski definition) is 0. The fraction of sp³-hybridized carbons (Fsp3) is 0.625. The van der Waals surface area contributed by atoms with Crippen molar-refractivity contribution in [1.29, 1.82) is 0 Å². The summed E-state index contributed by atoms with van der Waals surface area (Å²) in [7, 11) is 0. The number of hydrogen-bond acceptors (Lipinski definition) is 3. The van der Waals surface area contributed by atoms with E-state index in [4.69, 9.17) is 9.47 Å². The van der Waals surface area contributed by atoms with Crippen LogP contribution in [0.3, 0.4) is 0 Å². The lowest BCUT2D eigenvalue weighted by atomic mass is 10.1. The molecule has 20 heavy (non-hydrogen) atoms. The molecule has 3 aliphatic rings. The van der Waals surface area contributed by atoms with Gasteiger partial charge in [-0.2, -0.15) is 0 Å². The van der Waals surface area contributed by atoms with Crippen LogP contribution in [-0.4, -0.2) is 30.7 Å². The predicted molar refractivity (Wildman–Crippen MR) is 81.3 cm³/mol. The molecule has 2 fully saturated rings. The Bertz CT molecular complexity index is 511. The lowest BCUT2D eigenvalue weighted by molar-refractivity contribution is 0.170. The lowest BCUT2D eigenvalue weighted by Gasteiger charge is -2.24. The molecule has 4 rings (SSSR count). The maximum Gasteiger partial charge on any atom is 0.162 e. The zero-order valence-corrected chi connectivity index (χ0v) is 13.2. The Morgan fingerprint density at radius 2 is 1.75 bits per heavy atom. The Hall–Kier alpha value is -0.740. The van der Waals surface area contributed by atoms with Crippen LogP contribution < -0.4 is 9.47 Å². The first-order valence-electron chi connectivity index (χ1n) is 7.61. The third-order valence-corrected chi connectivity index (χ3v) is 5.08.